The van der Waals surface area contributed by atoms with E-state index in [1.807, 2.05) is 18.4 Å². The molecule has 0 atom stereocenters. The highest BCUT2D eigenvalue weighted by Gasteiger charge is 2.26. The van der Waals surface area contributed by atoms with Crippen LogP contribution in [0, 0.1) is 5.92 Å². The van der Waals surface area contributed by atoms with Crippen LogP contribution >= 0.6 is 0 Å². The van der Waals surface area contributed by atoms with Gasteiger partial charge in [-0.25, -0.2) is 8.42 Å². The molecule has 1 heterocycles. The van der Waals surface area contributed by atoms with Crippen molar-refractivity contribution in [3.63, 3.8) is 0 Å². The van der Waals surface area contributed by atoms with Gasteiger partial charge in [0.1, 0.15) is 4.90 Å². The van der Waals surface area contributed by atoms with Crippen LogP contribution in [0.4, 0.5) is 0 Å². The van der Waals surface area contributed by atoms with E-state index in [0.29, 0.717) is 30.4 Å². The maximum absolute atomic E-state index is 12.8. The summed E-state index contributed by atoms with van der Waals surface area (Å²) in [7, 11) is -3.43. The molecule has 0 aliphatic heterocycles. The molecule has 0 spiro atoms. The predicted octanol–water partition coefficient (Wildman–Crippen LogP) is 2.41. The van der Waals surface area contributed by atoms with Gasteiger partial charge < -0.3 is 10.3 Å². The van der Waals surface area contributed by atoms with E-state index < -0.39 is 10.0 Å². The van der Waals surface area contributed by atoms with Crippen LogP contribution in [0.2, 0.25) is 0 Å². The number of rotatable bonds is 9. The standard InChI is InChI=1S/C15H29N3O2S/c1-5-13(6-2)11-18(8-4)21(19,20)15-9-14(10-16)17(7-3)12-15/h9,12-13H,5-8,10-11,16H2,1-4H3. The molecule has 0 unspecified atom stereocenters. The van der Waals surface area contributed by atoms with E-state index in [0.717, 1.165) is 25.1 Å². The Balaban J connectivity index is 3.09. The maximum atomic E-state index is 12.8. The summed E-state index contributed by atoms with van der Waals surface area (Å²) in [6, 6.07) is 1.70. The Morgan fingerprint density at radius 2 is 1.86 bits per heavy atom. The van der Waals surface area contributed by atoms with Crippen LogP contribution in [0.25, 0.3) is 0 Å². The van der Waals surface area contributed by atoms with Gasteiger partial charge in [0, 0.05) is 38.1 Å². The Hall–Kier alpha value is -0.850. The first kappa shape index (κ1) is 18.2. The van der Waals surface area contributed by atoms with Crippen molar-refractivity contribution in [2.75, 3.05) is 13.1 Å². The lowest BCUT2D eigenvalue weighted by molar-refractivity contribution is 0.339. The minimum absolute atomic E-state index is 0.349. The third kappa shape index (κ3) is 4.08. The van der Waals surface area contributed by atoms with E-state index in [9.17, 15) is 8.42 Å². The van der Waals surface area contributed by atoms with Gasteiger partial charge in [0.25, 0.3) is 0 Å². The average molecular weight is 315 g/mol. The van der Waals surface area contributed by atoms with Crippen molar-refractivity contribution in [1.29, 1.82) is 0 Å². The van der Waals surface area contributed by atoms with E-state index >= 15 is 0 Å². The molecular weight excluding hydrogens is 286 g/mol. The molecule has 0 saturated carbocycles. The van der Waals surface area contributed by atoms with Crippen molar-refractivity contribution < 1.29 is 8.42 Å². The number of nitrogens with zero attached hydrogens (tertiary/aromatic N) is 2. The molecule has 1 rings (SSSR count). The summed E-state index contributed by atoms with van der Waals surface area (Å²) in [5, 5.41) is 0. The summed E-state index contributed by atoms with van der Waals surface area (Å²) in [6.45, 7) is 10.2. The number of aromatic nitrogens is 1. The minimum Gasteiger partial charge on any atom is -0.349 e. The Labute approximate surface area is 129 Å². The largest absolute Gasteiger partial charge is 0.349 e. The van der Waals surface area contributed by atoms with Crippen molar-refractivity contribution in [2.24, 2.45) is 11.7 Å². The molecule has 0 radical (unpaired) electrons. The molecule has 0 saturated heterocycles. The lowest BCUT2D eigenvalue weighted by Crippen LogP contribution is -2.35. The second-order valence-electron chi connectivity index (χ2n) is 5.30. The number of aryl methyl sites for hydroxylation is 1. The topological polar surface area (TPSA) is 68.3 Å². The lowest BCUT2D eigenvalue weighted by Gasteiger charge is -2.24. The molecular formula is C15H29N3O2S. The van der Waals surface area contributed by atoms with E-state index in [4.69, 9.17) is 5.73 Å². The highest BCUT2D eigenvalue weighted by atomic mass is 32.2. The fraction of sp³-hybridized carbons (Fsp3) is 0.733. The van der Waals surface area contributed by atoms with E-state index in [-0.39, 0.29) is 0 Å². The van der Waals surface area contributed by atoms with Gasteiger partial charge in [0.2, 0.25) is 10.0 Å². The van der Waals surface area contributed by atoms with Crippen molar-refractivity contribution >= 4 is 10.0 Å². The third-order valence-corrected chi connectivity index (χ3v) is 6.02. The van der Waals surface area contributed by atoms with Gasteiger partial charge >= 0.3 is 0 Å². The van der Waals surface area contributed by atoms with Crippen molar-refractivity contribution in [3.05, 3.63) is 18.0 Å². The molecule has 2 N–H and O–H groups in total. The second kappa shape index (κ2) is 7.96. The molecule has 122 valence electrons. The number of hydrogen-bond acceptors (Lipinski definition) is 3. The summed E-state index contributed by atoms with van der Waals surface area (Å²) in [5.74, 6) is 0.405. The summed E-state index contributed by atoms with van der Waals surface area (Å²) in [5.41, 5.74) is 6.54. The van der Waals surface area contributed by atoms with Crippen LogP contribution in [-0.2, 0) is 23.1 Å². The first-order valence-electron chi connectivity index (χ1n) is 7.83. The quantitative estimate of drug-likeness (QED) is 0.761. The van der Waals surface area contributed by atoms with Crippen LogP contribution in [0.3, 0.4) is 0 Å². The zero-order valence-electron chi connectivity index (χ0n) is 13.7. The lowest BCUT2D eigenvalue weighted by atomic mass is 10.0. The average Bonchev–Trinajstić information content (AvgIpc) is 2.92. The summed E-state index contributed by atoms with van der Waals surface area (Å²) < 4.78 is 29.1. The molecule has 1 aromatic heterocycles. The fourth-order valence-corrected chi connectivity index (χ4v) is 4.10. The van der Waals surface area contributed by atoms with Gasteiger partial charge in [-0.2, -0.15) is 4.31 Å². The zero-order valence-corrected chi connectivity index (χ0v) is 14.5. The Kier molecular flexibility index (Phi) is 6.90. The van der Waals surface area contributed by atoms with Gasteiger partial charge in [-0.3, -0.25) is 0 Å². The minimum atomic E-state index is -3.43. The third-order valence-electron chi connectivity index (χ3n) is 4.12. The van der Waals surface area contributed by atoms with E-state index in [1.165, 1.54) is 0 Å². The van der Waals surface area contributed by atoms with Crippen molar-refractivity contribution in [2.45, 2.75) is 58.5 Å². The first-order chi connectivity index (χ1) is 9.94. The van der Waals surface area contributed by atoms with Gasteiger partial charge in [-0.1, -0.05) is 33.6 Å². The van der Waals surface area contributed by atoms with Gasteiger partial charge in [0.05, 0.1) is 0 Å². The SMILES string of the molecule is CCC(CC)CN(CC)S(=O)(=O)c1cc(CN)n(CC)c1. The molecule has 21 heavy (non-hydrogen) atoms. The molecule has 1 aromatic rings. The normalized spacial score (nSPS) is 12.5. The molecule has 0 bridgehead atoms. The van der Waals surface area contributed by atoms with Gasteiger partial charge in [-0.15, -0.1) is 0 Å². The van der Waals surface area contributed by atoms with Crippen LogP contribution in [0.5, 0.6) is 0 Å². The second-order valence-corrected chi connectivity index (χ2v) is 7.23. The highest BCUT2D eigenvalue weighted by molar-refractivity contribution is 7.89. The number of hydrogen-bond donors (Lipinski definition) is 1. The van der Waals surface area contributed by atoms with Crippen LogP contribution in [-0.4, -0.2) is 30.4 Å². The van der Waals surface area contributed by atoms with Crippen LogP contribution < -0.4 is 5.73 Å². The maximum Gasteiger partial charge on any atom is 0.244 e. The highest BCUT2D eigenvalue weighted by Crippen LogP contribution is 2.21. The molecule has 0 aliphatic rings. The zero-order chi connectivity index (χ0) is 16.0. The van der Waals surface area contributed by atoms with Crippen molar-refractivity contribution in [3.8, 4) is 0 Å². The summed E-state index contributed by atoms with van der Waals surface area (Å²) in [4.78, 5) is 0.359. The van der Waals surface area contributed by atoms with Crippen molar-refractivity contribution in [1.82, 2.24) is 8.87 Å². The van der Waals surface area contributed by atoms with Crippen LogP contribution in [0.15, 0.2) is 17.2 Å². The molecule has 0 amide bonds. The van der Waals surface area contributed by atoms with E-state index in [1.54, 1.807) is 16.6 Å². The molecule has 6 heteroatoms. The molecule has 0 aromatic carbocycles. The predicted molar refractivity (Wildman–Crippen MR) is 86.5 cm³/mol. The summed E-state index contributed by atoms with van der Waals surface area (Å²) in [6.07, 6.45) is 3.69. The Morgan fingerprint density at radius 1 is 1.24 bits per heavy atom. The van der Waals surface area contributed by atoms with Gasteiger partial charge in [0.15, 0.2) is 0 Å². The van der Waals surface area contributed by atoms with Crippen LogP contribution in [0.1, 0.15) is 46.2 Å². The van der Waals surface area contributed by atoms with Gasteiger partial charge in [-0.05, 0) is 18.9 Å². The van der Waals surface area contributed by atoms with E-state index in [2.05, 4.69) is 13.8 Å². The Bertz CT molecular complexity index is 512. The fourth-order valence-electron chi connectivity index (χ4n) is 2.51. The molecule has 0 aliphatic carbocycles. The number of sulfonamides is 1. The molecule has 5 nitrogen and oxygen atoms in total. The first-order valence-corrected chi connectivity index (χ1v) is 9.27. The summed E-state index contributed by atoms with van der Waals surface area (Å²) >= 11 is 0. The molecule has 0 fully saturated rings. The Morgan fingerprint density at radius 3 is 2.24 bits per heavy atom. The smallest absolute Gasteiger partial charge is 0.244 e. The number of nitrogens with two attached hydrogens (primary N) is 1. The monoisotopic (exact) mass is 315 g/mol.